The Balaban J connectivity index is 1.65. The van der Waals surface area contributed by atoms with E-state index >= 15 is 0 Å². The topological polar surface area (TPSA) is 32.3 Å². The molecule has 1 aromatic heterocycles. The first-order valence-corrected chi connectivity index (χ1v) is 10.2. The highest BCUT2D eigenvalue weighted by Gasteiger charge is 2.34. The minimum Gasteiger partial charge on any atom is -0.309 e. The molecule has 3 atom stereocenters. The standard InChI is InChI=1S/C21H28N2OS/c1-3-21(24)23(18-8-5-4-6-9-18)20-12-11-17(14-16(20)2)22-15-19-10-7-13-25-19/h4-10,13,16-17,20,22H,3,11-12,14-15H2,1-2H3. The summed E-state index contributed by atoms with van der Waals surface area (Å²) in [6, 6.07) is 15.3. The molecule has 0 aliphatic heterocycles. The van der Waals surface area contributed by atoms with Crippen LogP contribution in [-0.4, -0.2) is 18.0 Å². The molecule has 1 aliphatic rings. The number of anilines is 1. The van der Waals surface area contributed by atoms with Crippen LogP contribution >= 0.6 is 11.3 Å². The number of para-hydroxylation sites is 1. The van der Waals surface area contributed by atoms with Crippen LogP contribution < -0.4 is 10.2 Å². The molecule has 25 heavy (non-hydrogen) atoms. The Kier molecular flexibility index (Phi) is 6.27. The maximum Gasteiger partial charge on any atom is 0.226 e. The first-order valence-electron chi connectivity index (χ1n) is 9.32. The Labute approximate surface area is 155 Å². The van der Waals surface area contributed by atoms with E-state index in [1.807, 2.05) is 25.1 Å². The predicted octanol–water partition coefficient (Wildman–Crippen LogP) is 4.84. The summed E-state index contributed by atoms with van der Waals surface area (Å²) >= 11 is 1.81. The minimum atomic E-state index is 0.230. The van der Waals surface area contributed by atoms with Gasteiger partial charge in [0.2, 0.25) is 5.91 Å². The summed E-state index contributed by atoms with van der Waals surface area (Å²) in [5, 5.41) is 5.83. The lowest BCUT2D eigenvalue weighted by molar-refractivity contribution is -0.119. The van der Waals surface area contributed by atoms with Gasteiger partial charge in [-0.2, -0.15) is 0 Å². The number of benzene rings is 1. The average molecular weight is 357 g/mol. The number of amides is 1. The molecule has 2 aromatic rings. The van der Waals surface area contributed by atoms with E-state index in [1.54, 1.807) is 11.3 Å². The fourth-order valence-corrected chi connectivity index (χ4v) is 4.54. The van der Waals surface area contributed by atoms with Crippen LogP contribution in [0, 0.1) is 5.92 Å². The number of hydrogen-bond donors (Lipinski definition) is 1. The summed E-state index contributed by atoms with van der Waals surface area (Å²) in [5.41, 5.74) is 1.04. The fourth-order valence-electron chi connectivity index (χ4n) is 3.89. The van der Waals surface area contributed by atoms with Crippen molar-refractivity contribution in [3.05, 3.63) is 52.7 Å². The van der Waals surface area contributed by atoms with E-state index < -0.39 is 0 Å². The van der Waals surface area contributed by atoms with Crippen LogP contribution in [0.15, 0.2) is 47.8 Å². The Morgan fingerprint density at radius 3 is 2.64 bits per heavy atom. The van der Waals surface area contributed by atoms with Crippen LogP contribution in [0.25, 0.3) is 0 Å². The van der Waals surface area contributed by atoms with E-state index in [9.17, 15) is 4.79 Å². The Hall–Kier alpha value is -1.65. The second-order valence-corrected chi connectivity index (χ2v) is 8.00. The zero-order valence-electron chi connectivity index (χ0n) is 15.2. The van der Waals surface area contributed by atoms with Crippen LogP contribution in [0.5, 0.6) is 0 Å². The van der Waals surface area contributed by atoms with E-state index in [4.69, 9.17) is 0 Å². The smallest absolute Gasteiger partial charge is 0.226 e. The van der Waals surface area contributed by atoms with Gasteiger partial charge in [0.05, 0.1) is 0 Å². The second-order valence-electron chi connectivity index (χ2n) is 6.97. The molecule has 134 valence electrons. The van der Waals surface area contributed by atoms with E-state index in [-0.39, 0.29) is 5.91 Å². The number of nitrogens with zero attached hydrogens (tertiary/aromatic N) is 1. The number of hydrogen-bond acceptors (Lipinski definition) is 3. The SMILES string of the molecule is CCC(=O)N(c1ccccc1)C1CCC(NCc2cccs2)CC1C. The molecular formula is C21H28N2OS. The lowest BCUT2D eigenvalue weighted by Gasteiger charge is -2.41. The molecule has 0 spiro atoms. The van der Waals surface area contributed by atoms with Gasteiger partial charge in [-0.3, -0.25) is 4.79 Å². The Morgan fingerprint density at radius 2 is 2.00 bits per heavy atom. The van der Waals surface area contributed by atoms with Crippen LogP contribution in [0.2, 0.25) is 0 Å². The van der Waals surface area contributed by atoms with E-state index in [0.717, 1.165) is 31.5 Å². The molecule has 4 heteroatoms. The van der Waals surface area contributed by atoms with Crippen molar-refractivity contribution < 1.29 is 4.79 Å². The summed E-state index contributed by atoms with van der Waals surface area (Å²) in [4.78, 5) is 16.1. The van der Waals surface area contributed by atoms with Gasteiger partial charge in [-0.05, 0) is 48.8 Å². The van der Waals surface area contributed by atoms with Gasteiger partial charge < -0.3 is 10.2 Å². The van der Waals surface area contributed by atoms with E-state index in [2.05, 4.69) is 46.8 Å². The summed E-state index contributed by atoms with van der Waals surface area (Å²) < 4.78 is 0. The van der Waals surface area contributed by atoms with Gasteiger partial charge in [-0.1, -0.05) is 38.1 Å². The molecule has 1 fully saturated rings. The highest BCUT2D eigenvalue weighted by Crippen LogP contribution is 2.32. The summed E-state index contributed by atoms with van der Waals surface area (Å²) in [6.45, 7) is 5.20. The van der Waals surface area contributed by atoms with Crippen LogP contribution in [0.3, 0.4) is 0 Å². The quantitative estimate of drug-likeness (QED) is 0.803. The van der Waals surface area contributed by atoms with Crippen LogP contribution in [-0.2, 0) is 11.3 Å². The van der Waals surface area contributed by atoms with Crippen LogP contribution in [0.1, 0.15) is 44.4 Å². The monoisotopic (exact) mass is 356 g/mol. The summed E-state index contributed by atoms with van der Waals surface area (Å²) in [7, 11) is 0. The third-order valence-corrected chi connectivity index (χ3v) is 6.08. The maximum atomic E-state index is 12.6. The van der Waals surface area contributed by atoms with Gasteiger partial charge in [0.25, 0.3) is 0 Å². The normalized spacial score (nSPS) is 23.4. The van der Waals surface area contributed by atoms with Crippen molar-refractivity contribution in [1.29, 1.82) is 0 Å². The van der Waals surface area contributed by atoms with Crippen molar-refractivity contribution in [3.63, 3.8) is 0 Å². The molecule has 3 unspecified atom stereocenters. The van der Waals surface area contributed by atoms with Crippen molar-refractivity contribution in [3.8, 4) is 0 Å². The van der Waals surface area contributed by atoms with Gasteiger partial charge in [-0.25, -0.2) is 0 Å². The molecule has 1 N–H and O–H groups in total. The average Bonchev–Trinajstić information content (AvgIpc) is 3.16. The lowest BCUT2D eigenvalue weighted by Crippen LogP contribution is -2.49. The third kappa shape index (κ3) is 4.50. The number of rotatable bonds is 6. The molecule has 3 nitrogen and oxygen atoms in total. The second kappa shape index (κ2) is 8.63. The molecule has 0 bridgehead atoms. The van der Waals surface area contributed by atoms with Gasteiger partial charge in [-0.15, -0.1) is 11.3 Å². The number of nitrogens with one attached hydrogen (secondary N) is 1. The zero-order valence-corrected chi connectivity index (χ0v) is 16.0. The largest absolute Gasteiger partial charge is 0.309 e. The van der Waals surface area contributed by atoms with E-state index in [0.29, 0.717) is 24.4 Å². The van der Waals surface area contributed by atoms with Crippen molar-refractivity contribution in [2.24, 2.45) is 5.92 Å². The van der Waals surface area contributed by atoms with Gasteiger partial charge >= 0.3 is 0 Å². The molecule has 0 saturated heterocycles. The minimum absolute atomic E-state index is 0.230. The predicted molar refractivity (Wildman–Crippen MR) is 106 cm³/mol. The highest BCUT2D eigenvalue weighted by molar-refractivity contribution is 7.09. The molecule has 1 aromatic carbocycles. The summed E-state index contributed by atoms with van der Waals surface area (Å²) in [5.74, 6) is 0.721. The van der Waals surface area contributed by atoms with Gasteiger partial charge in [0, 0.05) is 35.6 Å². The van der Waals surface area contributed by atoms with Crippen molar-refractivity contribution >= 4 is 22.9 Å². The maximum absolute atomic E-state index is 12.6. The van der Waals surface area contributed by atoms with Crippen molar-refractivity contribution in [2.75, 3.05) is 4.90 Å². The summed E-state index contributed by atoms with van der Waals surface area (Å²) in [6.07, 6.45) is 3.86. The number of thiophene rings is 1. The molecular weight excluding hydrogens is 328 g/mol. The first kappa shape index (κ1) is 18.2. The van der Waals surface area contributed by atoms with E-state index in [1.165, 1.54) is 4.88 Å². The fraction of sp³-hybridized carbons (Fsp3) is 0.476. The van der Waals surface area contributed by atoms with Gasteiger partial charge in [0.15, 0.2) is 0 Å². The molecule has 0 radical (unpaired) electrons. The third-order valence-electron chi connectivity index (χ3n) is 5.21. The Bertz CT molecular complexity index is 656. The zero-order chi connectivity index (χ0) is 17.6. The Morgan fingerprint density at radius 1 is 1.20 bits per heavy atom. The van der Waals surface area contributed by atoms with Crippen LogP contribution in [0.4, 0.5) is 5.69 Å². The molecule has 1 heterocycles. The highest BCUT2D eigenvalue weighted by atomic mass is 32.1. The first-order chi connectivity index (χ1) is 12.2. The molecule has 3 rings (SSSR count). The van der Waals surface area contributed by atoms with Crippen molar-refractivity contribution in [1.82, 2.24) is 5.32 Å². The van der Waals surface area contributed by atoms with Gasteiger partial charge in [0.1, 0.15) is 0 Å². The molecule has 1 aliphatic carbocycles. The molecule has 1 amide bonds. The van der Waals surface area contributed by atoms with Crippen molar-refractivity contribution in [2.45, 2.75) is 58.2 Å². The number of carbonyl (C=O) groups excluding carboxylic acids is 1. The molecule has 1 saturated carbocycles. The lowest BCUT2D eigenvalue weighted by atomic mass is 9.81. The number of carbonyl (C=O) groups is 1.